The van der Waals surface area contributed by atoms with Gasteiger partial charge in [0.25, 0.3) is 5.91 Å². The van der Waals surface area contributed by atoms with E-state index in [1.165, 1.54) is 42.2 Å². The first-order valence-electron chi connectivity index (χ1n) is 11.8. The highest BCUT2D eigenvalue weighted by atomic mass is 19.4. The van der Waals surface area contributed by atoms with Gasteiger partial charge in [0.05, 0.1) is 36.5 Å². The van der Waals surface area contributed by atoms with Gasteiger partial charge in [0.1, 0.15) is 6.04 Å². The lowest BCUT2D eigenvalue weighted by Gasteiger charge is -2.36. The fraction of sp³-hybridized carbons (Fsp3) is 0.269. The van der Waals surface area contributed by atoms with Crippen LogP contribution in [0.4, 0.5) is 24.8 Å². The largest absolute Gasteiger partial charge is 0.466 e. The number of carbonyl (C=O) groups is 2. The van der Waals surface area contributed by atoms with Crippen LogP contribution in [0.3, 0.4) is 0 Å². The lowest BCUT2D eigenvalue weighted by Crippen LogP contribution is -2.40. The van der Waals surface area contributed by atoms with E-state index in [0.29, 0.717) is 0 Å². The molecule has 0 saturated heterocycles. The minimum Gasteiger partial charge on any atom is -0.466 e. The van der Waals surface area contributed by atoms with Crippen LogP contribution in [0.25, 0.3) is 0 Å². The van der Waals surface area contributed by atoms with Gasteiger partial charge in [-0.25, -0.2) is 19.3 Å². The number of anilines is 2. The maximum atomic E-state index is 13.5. The second kappa shape index (κ2) is 10.7. The van der Waals surface area contributed by atoms with E-state index in [4.69, 9.17) is 4.74 Å². The molecule has 2 atom stereocenters. The molecule has 0 saturated carbocycles. The quantitative estimate of drug-likeness (QED) is 0.392. The van der Waals surface area contributed by atoms with Crippen LogP contribution in [-0.4, -0.2) is 51.5 Å². The number of aliphatic hydroxyl groups is 1. The average Bonchev–Trinajstić information content (AvgIpc) is 3.31. The molecule has 14 heteroatoms. The Kier molecular flexibility index (Phi) is 7.52. The van der Waals surface area contributed by atoms with Crippen molar-refractivity contribution in [3.8, 4) is 6.07 Å². The number of nitriles is 1. The van der Waals surface area contributed by atoms with Gasteiger partial charge in [0.15, 0.2) is 0 Å². The number of hydrogen-bond donors (Lipinski definition) is 3. The standard InChI is InChI=1S/C26H23F3N6O5/c1-13(12-36)31-22(37)19-9-15(11-30)7-8-18(19)21-20(23(38)40-3)14(2)34(24-32-33-25(39)35(21)24)17-6-4-5-16(10-17)26(27,28)29/h4-10,13,21,36H,12H2,1-3H3,(H,31,37)(H,33,39)/t13-,21-/m1/s1. The van der Waals surface area contributed by atoms with Gasteiger partial charge in [-0.05, 0) is 49.7 Å². The van der Waals surface area contributed by atoms with Crippen molar-refractivity contribution in [2.45, 2.75) is 32.1 Å². The van der Waals surface area contributed by atoms with E-state index < -0.39 is 41.4 Å². The van der Waals surface area contributed by atoms with Crippen LogP contribution in [0.5, 0.6) is 0 Å². The molecular weight excluding hydrogens is 533 g/mol. The van der Waals surface area contributed by atoms with E-state index in [0.717, 1.165) is 23.8 Å². The minimum atomic E-state index is -4.67. The third kappa shape index (κ3) is 4.94. The number of nitrogens with one attached hydrogen (secondary N) is 2. The van der Waals surface area contributed by atoms with Crippen molar-refractivity contribution in [2.75, 3.05) is 18.6 Å². The lowest BCUT2D eigenvalue weighted by molar-refractivity contribution is -0.138. The van der Waals surface area contributed by atoms with Gasteiger partial charge in [-0.15, -0.1) is 5.10 Å². The topological polar surface area (TPSA) is 153 Å². The Hall–Kier alpha value is -4.90. The highest BCUT2D eigenvalue weighted by Crippen LogP contribution is 2.43. The smallest absolute Gasteiger partial charge is 0.416 e. The third-order valence-electron chi connectivity index (χ3n) is 6.35. The molecule has 1 aliphatic rings. The molecule has 1 aliphatic heterocycles. The summed E-state index contributed by atoms with van der Waals surface area (Å²) in [5.41, 5.74) is -1.78. The molecule has 2 aromatic carbocycles. The second-order valence-corrected chi connectivity index (χ2v) is 8.95. The molecule has 0 radical (unpaired) electrons. The Morgan fingerprint density at radius 2 is 2.00 bits per heavy atom. The van der Waals surface area contributed by atoms with E-state index in [9.17, 15) is 37.9 Å². The van der Waals surface area contributed by atoms with E-state index >= 15 is 0 Å². The maximum absolute atomic E-state index is 13.5. The number of ether oxygens (including phenoxy) is 1. The SMILES string of the molecule is COC(=O)C1=C(C)N(c2cccc(C(F)(F)F)c2)c2n[nH]c(=O)n2[C@@H]1c1ccc(C#N)cc1C(=O)N[C@H](C)CO. The number of rotatable bonds is 6. The molecule has 1 amide bonds. The van der Waals surface area contributed by atoms with Crippen molar-refractivity contribution >= 4 is 23.5 Å². The number of alkyl halides is 3. The molecular formula is C26H23F3N6O5. The van der Waals surface area contributed by atoms with E-state index in [1.807, 2.05) is 6.07 Å². The lowest BCUT2D eigenvalue weighted by atomic mass is 9.89. The molecule has 1 aromatic heterocycles. The molecule has 0 fully saturated rings. The Bertz CT molecular complexity index is 1620. The number of methoxy groups -OCH3 is 1. The number of allylic oxidation sites excluding steroid dienone is 1. The Balaban J connectivity index is 2.02. The summed E-state index contributed by atoms with van der Waals surface area (Å²) in [7, 11) is 1.09. The zero-order chi connectivity index (χ0) is 29.4. The van der Waals surface area contributed by atoms with Crippen LogP contribution in [0.15, 0.2) is 58.5 Å². The number of benzene rings is 2. The van der Waals surface area contributed by atoms with Gasteiger partial charge in [-0.3, -0.25) is 9.69 Å². The van der Waals surface area contributed by atoms with Crippen molar-refractivity contribution in [1.29, 1.82) is 5.26 Å². The summed E-state index contributed by atoms with van der Waals surface area (Å²) in [4.78, 5) is 40.8. The van der Waals surface area contributed by atoms with Crippen molar-refractivity contribution in [1.82, 2.24) is 20.1 Å². The molecule has 3 N–H and O–H groups in total. The molecule has 0 bridgehead atoms. The summed E-state index contributed by atoms with van der Waals surface area (Å²) in [6.07, 6.45) is -4.67. The number of halogens is 3. The summed E-state index contributed by atoms with van der Waals surface area (Å²) in [5.74, 6) is -1.77. The van der Waals surface area contributed by atoms with Crippen LogP contribution in [0.2, 0.25) is 0 Å². The number of aromatic amines is 1. The Labute approximate surface area is 225 Å². The van der Waals surface area contributed by atoms with Crippen LogP contribution in [-0.2, 0) is 15.7 Å². The number of aromatic nitrogens is 3. The van der Waals surface area contributed by atoms with Gasteiger partial charge < -0.3 is 15.2 Å². The first-order valence-corrected chi connectivity index (χ1v) is 11.8. The molecule has 11 nitrogen and oxygen atoms in total. The molecule has 40 heavy (non-hydrogen) atoms. The fourth-order valence-corrected chi connectivity index (χ4v) is 4.49. The van der Waals surface area contributed by atoms with Gasteiger partial charge >= 0.3 is 17.8 Å². The van der Waals surface area contributed by atoms with Gasteiger partial charge in [-0.1, -0.05) is 12.1 Å². The predicted molar refractivity (Wildman–Crippen MR) is 134 cm³/mol. The van der Waals surface area contributed by atoms with E-state index in [-0.39, 0.29) is 46.2 Å². The molecule has 0 aliphatic carbocycles. The van der Waals surface area contributed by atoms with E-state index in [1.54, 1.807) is 6.92 Å². The first kappa shape index (κ1) is 28.1. The van der Waals surface area contributed by atoms with Gasteiger partial charge in [0.2, 0.25) is 5.95 Å². The van der Waals surface area contributed by atoms with Crippen molar-refractivity contribution in [2.24, 2.45) is 0 Å². The maximum Gasteiger partial charge on any atom is 0.416 e. The summed E-state index contributed by atoms with van der Waals surface area (Å²) >= 11 is 0. The number of nitrogens with zero attached hydrogens (tertiary/aromatic N) is 4. The monoisotopic (exact) mass is 556 g/mol. The molecule has 0 unspecified atom stereocenters. The van der Waals surface area contributed by atoms with Gasteiger partial charge in [0, 0.05) is 23.0 Å². The Morgan fingerprint density at radius 1 is 1.27 bits per heavy atom. The van der Waals surface area contributed by atoms with Crippen LogP contribution in [0, 0.1) is 11.3 Å². The number of aliphatic hydroxyl groups excluding tert-OH is 1. The predicted octanol–water partition coefficient (Wildman–Crippen LogP) is 2.76. The highest BCUT2D eigenvalue weighted by molar-refractivity contribution is 5.99. The minimum absolute atomic E-state index is 0.0398. The highest BCUT2D eigenvalue weighted by Gasteiger charge is 2.41. The molecule has 208 valence electrons. The van der Waals surface area contributed by atoms with Crippen LogP contribution >= 0.6 is 0 Å². The molecule has 3 aromatic rings. The summed E-state index contributed by atoms with van der Waals surface area (Å²) in [6, 6.07) is 8.23. The number of amides is 1. The zero-order valence-electron chi connectivity index (χ0n) is 21.4. The fourth-order valence-electron chi connectivity index (χ4n) is 4.49. The average molecular weight is 557 g/mol. The summed E-state index contributed by atoms with van der Waals surface area (Å²) in [6.45, 7) is 2.60. The number of H-pyrrole nitrogens is 1. The molecule has 2 heterocycles. The number of esters is 1. The second-order valence-electron chi connectivity index (χ2n) is 8.95. The van der Waals surface area contributed by atoms with Crippen molar-refractivity contribution in [3.05, 3.63) is 86.5 Å². The molecule has 0 spiro atoms. The first-order chi connectivity index (χ1) is 18.9. The summed E-state index contributed by atoms with van der Waals surface area (Å²) < 4.78 is 46.6. The number of fused-ring (bicyclic) bond motifs is 1. The Morgan fingerprint density at radius 3 is 2.62 bits per heavy atom. The van der Waals surface area contributed by atoms with E-state index in [2.05, 4.69) is 15.5 Å². The summed E-state index contributed by atoms with van der Waals surface area (Å²) in [5, 5.41) is 27.7. The van der Waals surface area contributed by atoms with Crippen molar-refractivity contribution < 1.29 is 32.6 Å². The van der Waals surface area contributed by atoms with Crippen molar-refractivity contribution in [3.63, 3.8) is 0 Å². The number of carbonyl (C=O) groups excluding carboxylic acids is 2. The molecule has 4 rings (SSSR count). The third-order valence-corrected chi connectivity index (χ3v) is 6.35. The number of hydrogen-bond acceptors (Lipinski definition) is 8. The van der Waals surface area contributed by atoms with Crippen LogP contribution in [0.1, 0.15) is 46.9 Å². The normalized spacial score (nSPS) is 15.8. The van der Waals surface area contributed by atoms with Gasteiger partial charge in [-0.2, -0.15) is 18.4 Å². The zero-order valence-corrected chi connectivity index (χ0v) is 21.4. The van der Waals surface area contributed by atoms with Crippen LogP contribution < -0.4 is 15.9 Å².